The van der Waals surface area contributed by atoms with Gasteiger partial charge in [0.1, 0.15) is 5.75 Å². The van der Waals surface area contributed by atoms with Crippen LogP contribution in [0.15, 0.2) is 65.1 Å². The smallest absolute Gasteiger partial charge is 0.239 e. The molecule has 0 aliphatic rings. The maximum absolute atomic E-state index is 12.7. The van der Waals surface area contributed by atoms with Gasteiger partial charge in [-0.15, -0.1) is 16.4 Å². The van der Waals surface area contributed by atoms with Crippen LogP contribution in [0, 0.1) is 0 Å². The van der Waals surface area contributed by atoms with Crippen LogP contribution < -0.4 is 10.1 Å². The molecular weight excluding hydrogens is 420 g/mol. The SMILES string of the molecule is COc1ccc(-n2nnnc2S[C@@H](C)C(=O)Nc2nc(-c3ccccc3)cs2)cc1. The normalized spacial score (nSPS) is 11.8. The van der Waals surface area contributed by atoms with E-state index >= 15 is 0 Å². The molecule has 152 valence electrons. The van der Waals surface area contributed by atoms with Gasteiger partial charge < -0.3 is 10.1 Å². The summed E-state index contributed by atoms with van der Waals surface area (Å²) in [5, 5.41) is 17.3. The molecule has 10 heteroatoms. The molecule has 0 saturated heterocycles. The number of nitrogens with one attached hydrogen (secondary N) is 1. The van der Waals surface area contributed by atoms with Crippen molar-refractivity contribution in [3.05, 3.63) is 60.0 Å². The van der Waals surface area contributed by atoms with Crippen molar-refractivity contribution >= 4 is 34.1 Å². The zero-order chi connectivity index (χ0) is 20.9. The Kier molecular flexibility index (Phi) is 6.05. The largest absolute Gasteiger partial charge is 0.497 e. The highest BCUT2D eigenvalue weighted by atomic mass is 32.2. The number of thioether (sulfide) groups is 1. The third-order valence-corrected chi connectivity index (χ3v) is 6.00. The predicted octanol–water partition coefficient (Wildman–Crippen LogP) is 3.91. The summed E-state index contributed by atoms with van der Waals surface area (Å²) < 4.78 is 6.76. The average Bonchev–Trinajstić information content (AvgIpc) is 3.44. The highest BCUT2D eigenvalue weighted by Crippen LogP contribution is 2.27. The van der Waals surface area contributed by atoms with E-state index in [1.807, 2.05) is 60.0 Å². The van der Waals surface area contributed by atoms with Crippen LogP contribution in [0.5, 0.6) is 5.75 Å². The van der Waals surface area contributed by atoms with Crippen molar-refractivity contribution in [3.8, 4) is 22.7 Å². The molecule has 0 unspecified atom stereocenters. The van der Waals surface area contributed by atoms with Crippen LogP contribution in [-0.2, 0) is 4.79 Å². The van der Waals surface area contributed by atoms with Crippen molar-refractivity contribution in [2.24, 2.45) is 0 Å². The Balaban J connectivity index is 1.42. The molecule has 0 aliphatic carbocycles. The van der Waals surface area contributed by atoms with E-state index in [1.54, 1.807) is 18.7 Å². The minimum absolute atomic E-state index is 0.168. The number of methoxy groups -OCH3 is 1. The lowest BCUT2D eigenvalue weighted by molar-refractivity contribution is -0.115. The standard InChI is InChI=1S/C20H18N6O2S2/c1-13(18(27)22-19-21-17(12-29-19)14-6-4-3-5-7-14)30-20-23-24-25-26(20)15-8-10-16(28-2)11-9-15/h3-13H,1-2H3,(H,21,22,27)/t13-/m0/s1. The number of hydrogen-bond acceptors (Lipinski definition) is 8. The molecule has 30 heavy (non-hydrogen) atoms. The van der Waals surface area contributed by atoms with Crippen molar-refractivity contribution in [1.29, 1.82) is 0 Å². The molecule has 1 amide bonds. The van der Waals surface area contributed by atoms with E-state index in [0.717, 1.165) is 22.7 Å². The van der Waals surface area contributed by atoms with E-state index in [9.17, 15) is 4.79 Å². The molecule has 4 rings (SSSR count). The highest BCUT2D eigenvalue weighted by Gasteiger charge is 2.20. The summed E-state index contributed by atoms with van der Waals surface area (Å²) in [7, 11) is 1.61. The van der Waals surface area contributed by atoms with E-state index in [-0.39, 0.29) is 5.91 Å². The van der Waals surface area contributed by atoms with Gasteiger partial charge in [-0.3, -0.25) is 4.79 Å². The van der Waals surface area contributed by atoms with E-state index < -0.39 is 5.25 Å². The summed E-state index contributed by atoms with van der Waals surface area (Å²) in [6.07, 6.45) is 0. The first-order valence-corrected chi connectivity index (χ1v) is 10.8. The minimum Gasteiger partial charge on any atom is -0.497 e. The lowest BCUT2D eigenvalue weighted by Crippen LogP contribution is -2.22. The zero-order valence-corrected chi connectivity index (χ0v) is 17.9. The number of anilines is 1. The Hall–Kier alpha value is -3.24. The number of tetrazole rings is 1. The van der Waals surface area contributed by atoms with Crippen LogP contribution in [0.3, 0.4) is 0 Å². The number of carbonyl (C=O) groups excluding carboxylic acids is 1. The van der Waals surface area contributed by atoms with Gasteiger partial charge in [0.15, 0.2) is 5.13 Å². The molecule has 2 aromatic heterocycles. The second-order valence-electron chi connectivity index (χ2n) is 6.22. The number of hydrogen-bond donors (Lipinski definition) is 1. The van der Waals surface area contributed by atoms with E-state index in [0.29, 0.717) is 10.3 Å². The number of rotatable bonds is 7. The van der Waals surface area contributed by atoms with Gasteiger partial charge in [0.2, 0.25) is 11.1 Å². The molecule has 1 atom stereocenters. The summed E-state index contributed by atoms with van der Waals surface area (Å²) in [6.45, 7) is 1.80. The van der Waals surface area contributed by atoms with Crippen molar-refractivity contribution in [1.82, 2.24) is 25.2 Å². The molecule has 0 aliphatic heterocycles. The van der Waals surface area contributed by atoms with Gasteiger partial charge in [-0.2, -0.15) is 4.68 Å². The van der Waals surface area contributed by atoms with Gasteiger partial charge >= 0.3 is 0 Å². The van der Waals surface area contributed by atoms with Gasteiger partial charge in [0.25, 0.3) is 0 Å². The van der Waals surface area contributed by atoms with Gasteiger partial charge in [-0.05, 0) is 41.6 Å². The van der Waals surface area contributed by atoms with Gasteiger partial charge in [-0.1, -0.05) is 42.1 Å². The molecule has 0 fully saturated rings. The second-order valence-corrected chi connectivity index (χ2v) is 8.39. The maximum atomic E-state index is 12.7. The monoisotopic (exact) mass is 438 g/mol. The van der Waals surface area contributed by atoms with Gasteiger partial charge in [0, 0.05) is 10.9 Å². The van der Waals surface area contributed by atoms with Crippen molar-refractivity contribution in [3.63, 3.8) is 0 Å². The number of carbonyl (C=O) groups is 1. The van der Waals surface area contributed by atoms with E-state index in [1.165, 1.54) is 23.1 Å². The van der Waals surface area contributed by atoms with Crippen molar-refractivity contribution in [2.45, 2.75) is 17.3 Å². The first-order chi connectivity index (χ1) is 14.6. The highest BCUT2D eigenvalue weighted by molar-refractivity contribution is 8.00. The lowest BCUT2D eigenvalue weighted by atomic mass is 10.2. The Morgan fingerprint density at radius 2 is 1.93 bits per heavy atom. The predicted molar refractivity (Wildman–Crippen MR) is 117 cm³/mol. The molecule has 8 nitrogen and oxygen atoms in total. The fraction of sp³-hybridized carbons (Fsp3) is 0.150. The quantitative estimate of drug-likeness (QED) is 0.437. The molecular formula is C20H18N6O2S2. The molecule has 2 heterocycles. The summed E-state index contributed by atoms with van der Waals surface area (Å²) in [5.74, 6) is 0.574. The molecule has 0 spiro atoms. The molecule has 2 aromatic carbocycles. The Bertz CT molecular complexity index is 1130. The van der Waals surface area contributed by atoms with Crippen LogP contribution in [0.2, 0.25) is 0 Å². The number of benzene rings is 2. The Labute approximate surface area is 181 Å². The Morgan fingerprint density at radius 1 is 1.17 bits per heavy atom. The summed E-state index contributed by atoms with van der Waals surface area (Å²) in [4.78, 5) is 17.2. The summed E-state index contributed by atoms with van der Waals surface area (Å²) >= 11 is 2.66. The molecule has 0 bridgehead atoms. The number of aromatic nitrogens is 5. The van der Waals surface area contributed by atoms with Crippen LogP contribution in [0.25, 0.3) is 16.9 Å². The summed E-state index contributed by atoms with van der Waals surface area (Å²) in [5.41, 5.74) is 2.62. The molecule has 0 radical (unpaired) electrons. The van der Waals surface area contributed by atoms with Crippen molar-refractivity contribution < 1.29 is 9.53 Å². The van der Waals surface area contributed by atoms with Crippen LogP contribution in [0.1, 0.15) is 6.92 Å². The molecule has 4 aromatic rings. The number of amides is 1. The van der Waals surface area contributed by atoms with Crippen LogP contribution in [0.4, 0.5) is 5.13 Å². The minimum atomic E-state index is -0.419. The Morgan fingerprint density at radius 3 is 2.67 bits per heavy atom. The first-order valence-electron chi connectivity index (χ1n) is 9.05. The third-order valence-electron chi connectivity index (χ3n) is 4.21. The summed E-state index contributed by atoms with van der Waals surface area (Å²) in [6, 6.07) is 17.2. The fourth-order valence-corrected chi connectivity index (χ4v) is 4.16. The zero-order valence-electron chi connectivity index (χ0n) is 16.2. The third kappa shape index (κ3) is 4.50. The van der Waals surface area contributed by atoms with E-state index in [2.05, 4.69) is 25.8 Å². The maximum Gasteiger partial charge on any atom is 0.239 e. The van der Waals surface area contributed by atoms with Gasteiger partial charge in [-0.25, -0.2) is 4.98 Å². The van der Waals surface area contributed by atoms with Crippen molar-refractivity contribution in [2.75, 3.05) is 12.4 Å². The van der Waals surface area contributed by atoms with E-state index in [4.69, 9.17) is 4.74 Å². The second kappa shape index (κ2) is 9.06. The fourth-order valence-electron chi connectivity index (χ4n) is 2.63. The average molecular weight is 439 g/mol. The number of thiazole rings is 1. The number of ether oxygens (including phenoxy) is 1. The lowest BCUT2D eigenvalue weighted by Gasteiger charge is -2.10. The molecule has 1 N–H and O–H groups in total. The van der Waals surface area contributed by atoms with Gasteiger partial charge in [0.05, 0.1) is 23.7 Å². The topological polar surface area (TPSA) is 94.8 Å². The first kappa shape index (κ1) is 20.0. The van der Waals surface area contributed by atoms with Crippen LogP contribution >= 0.6 is 23.1 Å². The number of nitrogens with zero attached hydrogens (tertiary/aromatic N) is 5. The van der Waals surface area contributed by atoms with Crippen LogP contribution in [-0.4, -0.2) is 43.5 Å². The molecule has 0 saturated carbocycles.